The summed E-state index contributed by atoms with van der Waals surface area (Å²) in [6.07, 6.45) is -2.37. The van der Waals surface area contributed by atoms with Gasteiger partial charge in [0, 0.05) is 22.8 Å². The van der Waals surface area contributed by atoms with Gasteiger partial charge in [0.25, 0.3) is 0 Å². The number of rotatable bonds is 9. The van der Waals surface area contributed by atoms with Crippen LogP contribution in [0.4, 0.5) is 39.5 Å². The Morgan fingerprint density at radius 3 is 1.86 bits per heavy atom. The number of halogens is 9. The summed E-state index contributed by atoms with van der Waals surface area (Å²) in [6, 6.07) is 13.0. The van der Waals surface area contributed by atoms with Gasteiger partial charge in [0.2, 0.25) is 0 Å². The van der Waals surface area contributed by atoms with Crippen LogP contribution in [0.25, 0.3) is 22.3 Å². The molecule has 0 aliphatic carbocycles. The van der Waals surface area contributed by atoms with Crippen LogP contribution in [0.15, 0.2) is 78.9 Å². The molecule has 11 heteroatoms. The predicted octanol–water partition coefficient (Wildman–Crippen LogP) is 11.0. The van der Waals surface area contributed by atoms with Crippen LogP contribution in [0.2, 0.25) is 0 Å². The first-order valence-electron chi connectivity index (χ1n) is 14.8. The van der Waals surface area contributed by atoms with Crippen molar-refractivity contribution < 1.29 is 49.0 Å². The van der Waals surface area contributed by atoms with Crippen LogP contribution < -0.4 is 9.47 Å². The average Bonchev–Trinajstić information content (AvgIpc) is 3.04. The Balaban J connectivity index is 1.34. The molecule has 0 aromatic heterocycles. The van der Waals surface area contributed by atoms with Gasteiger partial charge in [0.1, 0.15) is 40.3 Å². The van der Waals surface area contributed by atoms with Crippen molar-refractivity contribution in [1.82, 2.24) is 0 Å². The molecule has 0 N–H and O–H groups in total. The Morgan fingerprint density at radius 1 is 0.633 bits per heavy atom. The molecule has 5 aromatic carbocycles. The Morgan fingerprint density at radius 2 is 1.24 bits per heavy atom. The molecule has 0 aliphatic rings. The summed E-state index contributed by atoms with van der Waals surface area (Å²) >= 11 is 0. The minimum atomic E-state index is -4.28. The Kier molecular flexibility index (Phi) is 10.3. The topological polar surface area (TPSA) is 18.5 Å². The summed E-state index contributed by atoms with van der Waals surface area (Å²) in [6.45, 7) is 4.08. The van der Waals surface area contributed by atoms with Gasteiger partial charge in [-0.3, -0.25) is 0 Å². The van der Waals surface area contributed by atoms with Crippen LogP contribution in [0, 0.1) is 59.5 Å². The highest BCUT2D eigenvalue weighted by Crippen LogP contribution is 2.38. The van der Waals surface area contributed by atoms with E-state index in [1.807, 2.05) is 6.92 Å². The van der Waals surface area contributed by atoms with Crippen molar-refractivity contribution >= 4 is 0 Å². The fraction of sp³-hybridized carbons (Fsp3) is 0.158. The minimum Gasteiger partial charge on any atom is -0.494 e. The second kappa shape index (κ2) is 14.4. The molecule has 0 atom stereocenters. The van der Waals surface area contributed by atoms with Gasteiger partial charge < -0.3 is 9.47 Å². The summed E-state index contributed by atoms with van der Waals surface area (Å²) < 4.78 is 141. The lowest BCUT2D eigenvalue weighted by molar-refractivity contribution is -0.187. The molecule has 2 nitrogen and oxygen atoms in total. The first-order valence-corrected chi connectivity index (χ1v) is 14.8. The lowest BCUT2D eigenvalue weighted by Gasteiger charge is -2.20. The molecule has 0 unspecified atom stereocenters. The molecule has 49 heavy (non-hydrogen) atoms. The molecule has 5 aromatic rings. The van der Waals surface area contributed by atoms with E-state index in [4.69, 9.17) is 4.74 Å². The van der Waals surface area contributed by atoms with Crippen molar-refractivity contribution in [2.45, 2.75) is 32.8 Å². The first-order chi connectivity index (χ1) is 23.3. The second-order valence-corrected chi connectivity index (χ2v) is 11.0. The van der Waals surface area contributed by atoms with Gasteiger partial charge in [0.15, 0.2) is 17.5 Å². The van der Waals surface area contributed by atoms with Gasteiger partial charge in [-0.1, -0.05) is 25.2 Å². The molecular formula is C38H25F9O2. The number of hydrogen-bond acceptors (Lipinski definition) is 2. The van der Waals surface area contributed by atoms with Crippen LogP contribution in [-0.4, -0.2) is 6.61 Å². The predicted molar refractivity (Wildman–Crippen MR) is 166 cm³/mol. The van der Waals surface area contributed by atoms with E-state index in [1.54, 1.807) is 24.3 Å². The fourth-order valence-corrected chi connectivity index (χ4v) is 4.85. The molecule has 0 saturated carbocycles. The van der Waals surface area contributed by atoms with E-state index in [9.17, 15) is 26.3 Å². The molecule has 0 heterocycles. The largest absolute Gasteiger partial charge is 0.494 e. The van der Waals surface area contributed by atoms with Gasteiger partial charge >= 0.3 is 6.11 Å². The monoisotopic (exact) mass is 684 g/mol. The van der Waals surface area contributed by atoms with E-state index >= 15 is 13.2 Å². The third-order valence-corrected chi connectivity index (χ3v) is 7.40. The standard InChI is InChI=1S/C38H25F9O2/c1-3-4-13-48-26-9-6-22(7-10-26)5-8-23-15-31(40)29(14-21(23)2)38(46,47)49-27-11-12-28(30(39)20-27)24-16-32(41)36(33(42)17-24)25-18-34(43)37(45)35(44)19-25/h6-7,9-12,14-20H,3-4,13H2,1-2H3. The van der Waals surface area contributed by atoms with E-state index < -0.39 is 80.4 Å². The minimum absolute atomic E-state index is 0.149. The molecular weight excluding hydrogens is 659 g/mol. The van der Waals surface area contributed by atoms with Crippen LogP contribution >= 0.6 is 0 Å². The average molecular weight is 685 g/mol. The molecule has 0 saturated heterocycles. The zero-order chi connectivity index (χ0) is 35.5. The Bertz CT molecular complexity index is 2030. The van der Waals surface area contributed by atoms with Crippen LogP contribution in [0.3, 0.4) is 0 Å². The SMILES string of the molecule is CCCCOc1ccc(C#Cc2cc(F)c(C(F)(F)Oc3ccc(-c4cc(F)c(-c5cc(F)c(F)c(F)c5)c(F)c4)c(F)c3)cc2C)cc1. The van der Waals surface area contributed by atoms with Gasteiger partial charge in [-0.25, -0.2) is 30.7 Å². The maximum Gasteiger partial charge on any atom is 0.429 e. The summed E-state index contributed by atoms with van der Waals surface area (Å²) in [5.74, 6) is -4.94. The highest BCUT2D eigenvalue weighted by atomic mass is 19.3. The van der Waals surface area contributed by atoms with Crippen molar-refractivity contribution in [3.63, 3.8) is 0 Å². The third-order valence-electron chi connectivity index (χ3n) is 7.40. The molecule has 0 radical (unpaired) electrons. The van der Waals surface area contributed by atoms with Gasteiger partial charge in [-0.2, -0.15) is 8.78 Å². The maximum absolute atomic E-state index is 15.2. The molecule has 0 aliphatic heterocycles. The Labute approximate surface area is 275 Å². The highest BCUT2D eigenvalue weighted by Gasteiger charge is 2.38. The van der Waals surface area contributed by atoms with Crippen molar-refractivity contribution in [3.05, 3.63) is 142 Å². The molecule has 0 bridgehead atoms. The van der Waals surface area contributed by atoms with Crippen LogP contribution in [0.1, 0.15) is 42.0 Å². The van der Waals surface area contributed by atoms with E-state index in [0.29, 0.717) is 48.3 Å². The van der Waals surface area contributed by atoms with E-state index in [-0.39, 0.29) is 11.1 Å². The van der Waals surface area contributed by atoms with Crippen molar-refractivity contribution in [2.75, 3.05) is 6.61 Å². The summed E-state index contributed by atoms with van der Waals surface area (Å²) in [5, 5.41) is 0. The van der Waals surface area contributed by atoms with E-state index in [0.717, 1.165) is 37.1 Å². The molecule has 5 rings (SSSR count). The molecule has 0 amide bonds. The lowest BCUT2D eigenvalue weighted by Crippen LogP contribution is -2.24. The third kappa shape index (κ3) is 7.86. The summed E-state index contributed by atoms with van der Waals surface area (Å²) in [4.78, 5) is 0. The van der Waals surface area contributed by atoms with Crippen LogP contribution in [0.5, 0.6) is 11.5 Å². The first kappa shape index (κ1) is 35.0. The zero-order valence-electron chi connectivity index (χ0n) is 25.8. The number of aryl methyl sites for hydroxylation is 1. The number of benzene rings is 5. The molecule has 252 valence electrons. The number of unbranched alkanes of at least 4 members (excludes halogenated alkanes) is 1. The van der Waals surface area contributed by atoms with Crippen LogP contribution in [-0.2, 0) is 6.11 Å². The smallest absolute Gasteiger partial charge is 0.429 e. The van der Waals surface area contributed by atoms with Gasteiger partial charge in [-0.15, -0.1) is 0 Å². The summed E-state index contributed by atoms with van der Waals surface area (Å²) in [5.41, 5.74) is -2.58. The normalized spacial score (nSPS) is 11.2. The van der Waals surface area contributed by atoms with Crippen molar-refractivity contribution in [3.8, 4) is 45.6 Å². The highest BCUT2D eigenvalue weighted by molar-refractivity contribution is 5.72. The fourth-order valence-electron chi connectivity index (χ4n) is 4.85. The van der Waals surface area contributed by atoms with Gasteiger partial charge in [-0.05, 0) is 103 Å². The molecule has 0 fully saturated rings. The van der Waals surface area contributed by atoms with Crippen molar-refractivity contribution in [2.24, 2.45) is 0 Å². The summed E-state index contributed by atoms with van der Waals surface area (Å²) in [7, 11) is 0. The van der Waals surface area contributed by atoms with Gasteiger partial charge in [0.05, 0.1) is 12.2 Å². The molecule has 0 spiro atoms. The number of hydrogen-bond donors (Lipinski definition) is 0. The second-order valence-electron chi connectivity index (χ2n) is 11.0. The quantitative estimate of drug-likeness (QED) is 0.0666. The maximum atomic E-state index is 15.2. The zero-order valence-corrected chi connectivity index (χ0v) is 25.8. The number of ether oxygens (including phenoxy) is 2. The lowest BCUT2D eigenvalue weighted by atomic mass is 9.98. The number of alkyl halides is 2. The van der Waals surface area contributed by atoms with Crippen molar-refractivity contribution in [1.29, 1.82) is 0 Å². The van der Waals surface area contributed by atoms with E-state index in [2.05, 4.69) is 16.6 Å². The Hall–Kier alpha value is -5.37. The van der Waals surface area contributed by atoms with E-state index in [1.165, 1.54) is 6.92 Å².